The van der Waals surface area contributed by atoms with Crippen LogP contribution in [0.25, 0.3) is 11.1 Å². The molecular weight excluding hydrogens is 294 g/mol. The lowest BCUT2D eigenvalue weighted by atomic mass is 10.0. The fourth-order valence-corrected chi connectivity index (χ4v) is 2.00. The fraction of sp³-hybridized carbons (Fsp3) is 0.133. The third kappa shape index (κ3) is 3.38. The average Bonchev–Trinajstić information content (AvgIpc) is 2.47. The fourth-order valence-electron chi connectivity index (χ4n) is 1.84. The van der Waals surface area contributed by atoms with Gasteiger partial charge >= 0.3 is 11.9 Å². The maximum atomic E-state index is 11.6. The van der Waals surface area contributed by atoms with Crippen LogP contribution in [0.15, 0.2) is 36.5 Å². The number of hydrogen-bond acceptors (Lipinski definition) is 4. The first kappa shape index (κ1) is 15.0. The van der Waals surface area contributed by atoms with Gasteiger partial charge in [-0.2, -0.15) is 0 Å². The van der Waals surface area contributed by atoms with Gasteiger partial charge in [0.2, 0.25) is 0 Å². The Bertz CT molecular complexity index is 683. The smallest absolute Gasteiger partial charge is 0.338 e. The largest absolute Gasteiger partial charge is 0.478 e. The molecule has 0 atom stereocenters. The van der Waals surface area contributed by atoms with Crippen molar-refractivity contribution in [3.05, 3.63) is 52.8 Å². The van der Waals surface area contributed by atoms with Crippen LogP contribution in [0, 0.1) is 0 Å². The topological polar surface area (TPSA) is 76.5 Å². The molecule has 5 nitrogen and oxygen atoms in total. The van der Waals surface area contributed by atoms with Gasteiger partial charge in [0.25, 0.3) is 0 Å². The summed E-state index contributed by atoms with van der Waals surface area (Å²) in [7, 11) is 0. The molecule has 0 aliphatic rings. The molecule has 6 heteroatoms. The number of pyridine rings is 1. The molecule has 1 aromatic heterocycles. The van der Waals surface area contributed by atoms with E-state index in [9.17, 15) is 14.7 Å². The zero-order chi connectivity index (χ0) is 15.4. The molecule has 0 aliphatic carbocycles. The summed E-state index contributed by atoms with van der Waals surface area (Å²) in [6.45, 7) is 2.02. The van der Waals surface area contributed by atoms with Crippen molar-refractivity contribution in [2.75, 3.05) is 6.61 Å². The van der Waals surface area contributed by atoms with E-state index in [1.807, 2.05) is 0 Å². The van der Waals surface area contributed by atoms with Crippen LogP contribution in [0.2, 0.25) is 5.15 Å². The van der Waals surface area contributed by atoms with Gasteiger partial charge in [-0.1, -0.05) is 23.7 Å². The zero-order valence-electron chi connectivity index (χ0n) is 11.2. The first-order valence-electron chi connectivity index (χ1n) is 6.19. The number of carbonyl (C=O) groups excluding carboxylic acids is 1. The quantitative estimate of drug-likeness (QED) is 0.693. The predicted octanol–water partition coefficient (Wildman–Crippen LogP) is 3.28. The number of nitrogens with zero attached hydrogens (tertiary/aromatic N) is 1. The standard InChI is InChI=1S/C15H12ClNO4/c1-2-21-15(20)10-5-3-9(4-6-10)12-8-17-13(16)7-11(12)14(18)19/h3-8H,2H2,1H3,(H,18,19). The number of carbonyl (C=O) groups is 2. The molecule has 0 saturated carbocycles. The second kappa shape index (κ2) is 6.37. The molecule has 0 spiro atoms. The molecule has 0 fully saturated rings. The third-order valence-corrected chi connectivity index (χ3v) is 3.01. The normalized spacial score (nSPS) is 10.2. The van der Waals surface area contributed by atoms with Crippen LogP contribution in [-0.4, -0.2) is 28.6 Å². The summed E-state index contributed by atoms with van der Waals surface area (Å²) >= 11 is 5.71. The van der Waals surface area contributed by atoms with Gasteiger partial charge in [-0.3, -0.25) is 0 Å². The molecule has 0 bridgehead atoms. The van der Waals surface area contributed by atoms with Gasteiger partial charge in [0.15, 0.2) is 0 Å². The van der Waals surface area contributed by atoms with Crippen molar-refractivity contribution < 1.29 is 19.4 Å². The number of halogens is 1. The molecule has 0 saturated heterocycles. The lowest BCUT2D eigenvalue weighted by molar-refractivity contribution is 0.0526. The molecule has 0 radical (unpaired) electrons. The summed E-state index contributed by atoms with van der Waals surface area (Å²) in [5.41, 5.74) is 1.52. The number of carboxylic acids is 1. The van der Waals surface area contributed by atoms with E-state index in [1.165, 1.54) is 12.3 Å². The summed E-state index contributed by atoms with van der Waals surface area (Å²) in [6, 6.07) is 7.73. The van der Waals surface area contributed by atoms with Crippen molar-refractivity contribution in [3.63, 3.8) is 0 Å². The van der Waals surface area contributed by atoms with Crippen molar-refractivity contribution in [1.29, 1.82) is 0 Å². The van der Waals surface area contributed by atoms with E-state index in [0.29, 0.717) is 23.3 Å². The Morgan fingerprint density at radius 3 is 2.52 bits per heavy atom. The van der Waals surface area contributed by atoms with Crippen molar-refractivity contribution in [1.82, 2.24) is 4.98 Å². The number of hydrogen-bond donors (Lipinski definition) is 1. The van der Waals surface area contributed by atoms with Gasteiger partial charge in [-0.15, -0.1) is 0 Å². The molecule has 2 rings (SSSR count). The molecular formula is C15H12ClNO4. The molecule has 0 unspecified atom stereocenters. The highest BCUT2D eigenvalue weighted by Gasteiger charge is 2.14. The minimum Gasteiger partial charge on any atom is -0.478 e. The molecule has 1 aromatic carbocycles. The number of ether oxygens (including phenoxy) is 1. The van der Waals surface area contributed by atoms with Crippen molar-refractivity contribution in [2.24, 2.45) is 0 Å². The Morgan fingerprint density at radius 2 is 1.95 bits per heavy atom. The molecule has 0 amide bonds. The minimum atomic E-state index is -1.09. The van der Waals surface area contributed by atoms with E-state index < -0.39 is 11.9 Å². The van der Waals surface area contributed by atoms with Crippen LogP contribution < -0.4 is 0 Å². The first-order valence-corrected chi connectivity index (χ1v) is 6.57. The van der Waals surface area contributed by atoms with Gasteiger partial charge in [-0.25, -0.2) is 14.6 Å². The monoisotopic (exact) mass is 305 g/mol. The highest BCUT2D eigenvalue weighted by molar-refractivity contribution is 6.29. The second-order valence-corrected chi connectivity index (χ2v) is 4.54. The molecule has 21 heavy (non-hydrogen) atoms. The summed E-state index contributed by atoms with van der Waals surface area (Å²) in [5.74, 6) is -1.51. The van der Waals surface area contributed by atoms with Gasteiger partial charge < -0.3 is 9.84 Å². The number of rotatable bonds is 4. The maximum Gasteiger partial charge on any atom is 0.338 e. The number of benzene rings is 1. The molecule has 1 N–H and O–H groups in total. The summed E-state index contributed by atoms with van der Waals surface area (Å²) < 4.78 is 4.89. The van der Waals surface area contributed by atoms with Crippen LogP contribution >= 0.6 is 11.6 Å². The number of aromatic carboxylic acids is 1. The second-order valence-electron chi connectivity index (χ2n) is 4.16. The number of carboxylic acid groups (broad SMARTS) is 1. The summed E-state index contributed by atoms with van der Waals surface area (Å²) in [6.07, 6.45) is 1.39. The van der Waals surface area contributed by atoms with Crippen LogP contribution in [-0.2, 0) is 4.74 Å². The highest BCUT2D eigenvalue weighted by atomic mass is 35.5. The number of aromatic nitrogens is 1. The predicted molar refractivity (Wildman–Crippen MR) is 77.6 cm³/mol. The first-order chi connectivity index (χ1) is 10.0. The molecule has 2 aromatic rings. The van der Waals surface area contributed by atoms with Gasteiger partial charge in [-0.05, 0) is 30.7 Å². The van der Waals surface area contributed by atoms with Gasteiger partial charge in [0.05, 0.1) is 17.7 Å². The van der Waals surface area contributed by atoms with E-state index >= 15 is 0 Å². The SMILES string of the molecule is CCOC(=O)c1ccc(-c2cnc(Cl)cc2C(=O)O)cc1. The Balaban J connectivity index is 2.39. The minimum absolute atomic E-state index is 0.0545. The Kier molecular flexibility index (Phi) is 4.55. The molecule has 0 aliphatic heterocycles. The average molecular weight is 306 g/mol. The summed E-state index contributed by atoms with van der Waals surface area (Å²) in [5, 5.41) is 9.31. The summed E-state index contributed by atoms with van der Waals surface area (Å²) in [4.78, 5) is 26.7. The van der Waals surface area contributed by atoms with E-state index in [-0.39, 0.29) is 10.7 Å². The van der Waals surface area contributed by atoms with Crippen LogP contribution in [0.4, 0.5) is 0 Å². The van der Waals surface area contributed by atoms with Crippen molar-refractivity contribution >= 4 is 23.5 Å². The van der Waals surface area contributed by atoms with Gasteiger partial charge in [0.1, 0.15) is 5.15 Å². The Morgan fingerprint density at radius 1 is 1.29 bits per heavy atom. The number of esters is 1. The van der Waals surface area contributed by atoms with Crippen LogP contribution in [0.3, 0.4) is 0 Å². The molecule has 1 heterocycles. The maximum absolute atomic E-state index is 11.6. The van der Waals surface area contributed by atoms with Crippen molar-refractivity contribution in [3.8, 4) is 11.1 Å². The van der Waals surface area contributed by atoms with Crippen LogP contribution in [0.5, 0.6) is 0 Å². The highest BCUT2D eigenvalue weighted by Crippen LogP contribution is 2.25. The lowest BCUT2D eigenvalue weighted by Crippen LogP contribution is -2.04. The van der Waals surface area contributed by atoms with E-state index in [2.05, 4.69) is 4.98 Å². The van der Waals surface area contributed by atoms with Crippen molar-refractivity contribution in [2.45, 2.75) is 6.92 Å². The molecule has 108 valence electrons. The van der Waals surface area contributed by atoms with E-state index in [4.69, 9.17) is 16.3 Å². The van der Waals surface area contributed by atoms with Crippen LogP contribution in [0.1, 0.15) is 27.6 Å². The van der Waals surface area contributed by atoms with Gasteiger partial charge in [0, 0.05) is 11.8 Å². The Labute approximate surface area is 126 Å². The van der Waals surface area contributed by atoms with E-state index in [1.54, 1.807) is 31.2 Å². The van der Waals surface area contributed by atoms with E-state index in [0.717, 1.165) is 0 Å². The third-order valence-electron chi connectivity index (χ3n) is 2.81. The Hall–Kier alpha value is -2.40. The lowest BCUT2D eigenvalue weighted by Gasteiger charge is -2.07. The zero-order valence-corrected chi connectivity index (χ0v) is 11.9.